The van der Waals surface area contributed by atoms with E-state index in [2.05, 4.69) is 0 Å². The highest BCUT2D eigenvalue weighted by Gasteiger charge is 2.41. The summed E-state index contributed by atoms with van der Waals surface area (Å²) < 4.78 is 33.0. The third kappa shape index (κ3) is 2.41. The zero-order valence-corrected chi connectivity index (χ0v) is 12.4. The number of hydrogen-bond donors (Lipinski definition) is 1. The van der Waals surface area contributed by atoms with Gasteiger partial charge in [0.1, 0.15) is 5.25 Å². The van der Waals surface area contributed by atoms with Crippen molar-refractivity contribution in [3.63, 3.8) is 0 Å². The normalized spacial score (nSPS) is 25.3. The Morgan fingerprint density at radius 3 is 2.48 bits per heavy atom. The summed E-state index contributed by atoms with van der Waals surface area (Å²) in [6, 6.07) is 13.8. The molecule has 0 fully saturated rings. The summed E-state index contributed by atoms with van der Waals surface area (Å²) in [5, 5.41) is 1.17. The zero-order valence-electron chi connectivity index (χ0n) is 11.6. The van der Waals surface area contributed by atoms with E-state index in [0.717, 1.165) is 16.3 Å². The van der Waals surface area contributed by atoms with Crippen molar-refractivity contribution in [3.8, 4) is 0 Å². The van der Waals surface area contributed by atoms with Crippen molar-refractivity contribution >= 4 is 20.9 Å². The van der Waals surface area contributed by atoms with Crippen molar-refractivity contribution in [2.45, 2.75) is 17.6 Å². The van der Waals surface area contributed by atoms with Crippen LogP contribution >= 0.6 is 0 Å². The largest absolute Gasteiger partial charge is 0.285 e. The predicted octanol–water partition coefficient (Wildman–Crippen LogP) is 3.48. The number of hydrogen-bond acceptors (Lipinski definition) is 2. The fraction of sp³-hybridized carbons (Fsp3) is 0.176. The van der Waals surface area contributed by atoms with Crippen LogP contribution in [0.1, 0.15) is 12.5 Å². The fourth-order valence-electron chi connectivity index (χ4n) is 2.91. The van der Waals surface area contributed by atoms with Gasteiger partial charge in [0.05, 0.1) is 0 Å². The van der Waals surface area contributed by atoms with Crippen molar-refractivity contribution < 1.29 is 13.0 Å². The molecular formula is C17H16O3S. The van der Waals surface area contributed by atoms with Gasteiger partial charge in [-0.2, -0.15) is 8.42 Å². The van der Waals surface area contributed by atoms with Gasteiger partial charge >= 0.3 is 0 Å². The van der Waals surface area contributed by atoms with Crippen LogP contribution in [-0.2, 0) is 15.5 Å². The molecule has 0 aliphatic heterocycles. The first-order chi connectivity index (χ1) is 9.91. The zero-order chi connectivity index (χ0) is 15.1. The highest BCUT2D eigenvalue weighted by atomic mass is 32.2. The molecule has 1 N–H and O–H groups in total. The second-order valence-corrected chi connectivity index (χ2v) is 7.06. The number of fused-ring (bicyclic) bond motifs is 1. The maximum Gasteiger partial charge on any atom is 0.272 e. The molecule has 3 rings (SSSR count). The van der Waals surface area contributed by atoms with Crippen molar-refractivity contribution in [2.24, 2.45) is 0 Å². The summed E-state index contributed by atoms with van der Waals surface area (Å²) in [5.74, 6) is 0. The van der Waals surface area contributed by atoms with Gasteiger partial charge in [-0.15, -0.1) is 0 Å². The average molecular weight is 300 g/mol. The fourth-order valence-corrected chi connectivity index (χ4v) is 4.03. The second kappa shape index (κ2) is 4.83. The maximum absolute atomic E-state index is 11.7. The van der Waals surface area contributed by atoms with Crippen molar-refractivity contribution in [2.75, 3.05) is 0 Å². The Morgan fingerprint density at radius 2 is 1.76 bits per heavy atom. The van der Waals surface area contributed by atoms with Crippen molar-refractivity contribution in [1.29, 1.82) is 0 Å². The first kappa shape index (κ1) is 14.0. The van der Waals surface area contributed by atoms with Gasteiger partial charge in [0, 0.05) is 5.41 Å². The van der Waals surface area contributed by atoms with Crippen molar-refractivity contribution in [1.82, 2.24) is 0 Å². The van der Waals surface area contributed by atoms with Crippen LogP contribution < -0.4 is 0 Å². The second-order valence-electron chi connectivity index (χ2n) is 5.52. The number of benzene rings is 2. The van der Waals surface area contributed by atoms with E-state index >= 15 is 0 Å². The first-order valence-electron chi connectivity index (χ1n) is 6.73. The van der Waals surface area contributed by atoms with Gasteiger partial charge in [-0.25, -0.2) is 0 Å². The molecule has 0 saturated carbocycles. The molecule has 4 heteroatoms. The predicted molar refractivity (Wildman–Crippen MR) is 84.9 cm³/mol. The minimum atomic E-state index is -4.17. The Kier molecular flexibility index (Phi) is 3.23. The Balaban J connectivity index is 2.19. The van der Waals surface area contributed by atoms with E-state index in [1.54, 1.807) is 6.08 Å². The monoisotopic (exact) mass is 300 g/mol. The summed E-state index contributed by atoms with van der Waals surface area (Å²) >= 11 is 0. The standard InChI is InChI=1S/C17H16O3S/c1-17(11-5-4-8-16(17)21(18,19)20)15-10-9-13-6-2-3-7-14(13)12-15/h2-12,16H,1H3,(H,18,19,20). The van der Waals surface area contributed by atoms with Gasteiger partial charge in [-0.1, -0.05) is 73.7 Å². The minimum absolute atomic E-state index is 0.785. The van der Waals surface area contributed by atoms with E-state index in [-0.39, 0.29) is 0 Å². The molecule has 1 aliphatic carbocycles. The van der Waals surface area contributed by atoms with Gasteiger partial charge in [-0.05, 0) is 16.3 Å². The minimum Gasteiger partial charge on any atom is -0.285 e. The Bertz CT molecular complexity index is 849. The molecule has 0 saturated heterocycles. The molecule has 2 aromatic rings. The molecule has 0 heterocycles. The Labute approximate surface area is 124 Å². The molecule has 3 nitrogen and oxygen atoms in total. The van der Waals surface area contributed by atoms with Crippen LogP contribution in [-0.4, -0.2) is 18.2 Å². The summed E-state index contributed by atoms with van der Waals surface area (Å²) in [6.45, 7) is 1.83. The average Bonchev–Trinajstić information content (AvgIpc) is 2.46. The van der Waals surface area contributed by atoms with E-state index in [4.69, 9.17) is 0 Å². The highest BCUT2D eigenvalue weighted by molar-refractivity contribution is 7.86. The number of allylic oxidation sites excluding steroid dienone is 3. The molecular weight excluding hydrogens is 284 g/mol. The Morgan fingerprint density at radius 1 is 1.05 bits per heavy atom. The molecule has 2 unspecified atom stereocenters. The molecule has 21 heavy (non-hydrogen) atoms. The SMILES string of the molecule is CC1(c2ccc3ccccc3c2)C=CC=CC1S(=O)(=O)O. The molecule has 0 radical (unpaired) electrons. The topological polar surface area (TPSA) is 54.4 Å². The van der Waals surface area contributed by atoms with Crippen molar-refractivity contribution in [3.05, 3.63) is 72.3 Å². The van der Waals surface area contributed by atoms with E-state index in [1.165, 1.54) is 6.08 Å². The summed E-state index contributed by atoms with van der Waals surface area (Å²) in [5.41, 5.74) is 0.0799. The molecule has 2 aromatic carbocycles. The van der Waals surface area contributed by atoms with E-state index in [9.17, 15) is 13.0 Å². The van der Waals surface area contributed by atoms with Crippen LogP contribution in [0.2, 0.25) is 0 Å². The van der Waals surface area contributed by atoms with E-state index < -0.39 is 20.8 Å². The van der Waals surface area contributed by atoms with Crippen LogP contribution in [0.4, 0.5) is 0 Å². The quantitative estimate of drug-likeness (QED) is 0.864. The number of rotatable bonds is 2. The molecule has 0 spiro atoms. The smallest absolute Gasteiger partial charge is 0.272 e. The van der Waals surface area contributed by atoms with Crippen LogP contribution in [0.3, 0.4) is 0 Å². The van der Waals surface area contributed by atoms with Gasteiger partial charge in [-0.3, -0.25) is 4.55 Å². The summed E-state index contributed by atoms with van der Waals surface area (Å²) in [7, 11) is -4.17. The van der Waals surface area contributed by atoms with E-state index in [0.29, 0.717) is 0 Å². The lowest BCUT2D eigenvalue weighted by Crippen LogP contribution is -2.40. The van der Waals surface area contributed by atoms with Gasteiger partial charge < -0.3 is 0 Å². The molecule has 1 aliphatic rings. The molecule has 0 bridgehead atoms. The lowest BCUT2D eigenvalue weighted by Gasteiger charge is -2.33. The van der Waals surface area contributed by atoms with Gasteiger partial charge in [0.25, 0.3) is 10.1 Å². The summed E-state index contributed by atoms with van der Waals surface area (Å²) in [4.78, 5) is 0. The van der Waals surface area contributed by atoms with Crippen LogP contribution in [0.15, 0.2) is 66.8 Å². The Hall–Kier alpha value is -1.91. The third-order valence-electron chi connectivity index (χ3n) is 4.12. The molecule has 0 amide bonds. The highest BCUT2D eigenvalue weighted by Crippen LogP contribution is 2.37. The van der Waals surface area contributed by atoms with E-state index in [1.807, 2.05) is 61.5 Å². The lowest BCUT2D eigenvalue weighted by atomic mass is 9.76. The maximum atomic E-state index is 11.7. The van der Waals surface area contributed by atoms with Gasteiger partial charge in [0.15, 0.2) is 0 Å². The van der Waals surface area contributed by atoms with Gasteiger partial charge in [0.2, 0.25) is 0 Å². The van der Waals surface area contributed by atoms with Crippen LogP contribution in [0, 0.1) is 0 Å². The lowest BCUT2D eigenvalue weighted by molar-refractivity contribution is 0.450. The third-order valence-corrected chi connectivity index (χ3v) is 5.41. The molecule has 0 aromatic heterocycles. The first-order valence-corrected chi connectivity index (χ1v) is 8.23. The summed E-state index contributed by atoms with van der Waals surface area (Å²) in [6.07, 6.45) is 6.83. The molecule has 108 valence electrons. The van der Waals surface area contributed by atoms with Crippen LogP contribution in [0.25, 0.3) is 10.8 Å². The van der Waals surface area contributed by atoms with Crippen LogP contribution in [0.5, 0.6) is 0 Å². The molecule has 2 atom stereocenters.